The zero-order valence-corrected chi connectivity index (χ0v) is 15.4. The van der Waals surface area contributed by atoms with E-state index in [0.29, 0.717) is 29.2 Å². The zero-order chi connectivity index (χ0) is 19.6. The Kier molecular flexibility index (Phi) is 7.35. The number of methoxy groups -OCH3 is 1. The molecule has 0 aliphatic heterocycles. The van der Waals surface area contributed by atoms with Crippen molar-refractivity contribution in [3.63, 3.8) is 0 Å². The van der Waals surface area contributed by atoms with Crippen molar-refractivity contribution in [2.45, 2.75) is 6.92 Å². The van der Waals surface area contributed by atoms with Gasteiger partial charge in [0.25, 0.3) is 11.8 Å². The van der Waals surface area contributed by atoms with Crippen LogP contribution in [0.25, 0.3) is 0 Å². The second kappa shape index (κ2) is 9.94. The van der Waals surface area contributed by atoms with Gasteiger partial charge in [-0.3, -0.25) is 9.59 Å². The molecule has 2 aromatic carbocycles. The van der Waals surface area contributed by atoms with Crippen LogP contribution in [0.4, 0.5) is 11.4 Å². The highest BCUT2D eigenvalue weighted by Gasteiger charge is 2.17. The number of rotatable bonds is 8. The minimum Gasteiger partial charge on any atom is -0.497 e. The molecule has 2 rings (SSSR count). The third-order valence-corrected chi connectivity index (χ3v) is 3.99. The van der Waals surface area contributed by atoms with E-state index in [0.717, 1.165) is 4.90 Å². The molecule has 7 heteroatoms. The van der Waals surface area contributed by atoms with Crippen molar-refractivity contribution in [1.82, 2.24) is 0 Å². The molecule has 27 heavy (non-hydrogen) atoms. The van der Waals surface area contributed by atoms with Gasteiger partial charge in [0.2, 0.25) is 0 Å². The van der Waals surface area contributed by atoms with E-state index >= 15 is 0 Å². The summed E-state index contributed by atoms with van der Waals surface area (Å²) in [5.41, 5.74) is 1.83. The van der Waals surface area contributed by atoms with E-state index in [2.05, 4.69) is 10.6 Å². The Bertz CT molecular complexity index is 811. The fourth-order valence-corrected chi connectivity index (χ4v) is 2.48. The topological polar surface area (TPSA) is 95.7 Å². The van der Waals surface area contributed by atoms with Crippen molar-refractivity contribution in [3.8, 4) is 11.8 Å². The molecule has 7 nitrogen and oxygen atoms in total. The van der Waals surface area contributed by atoms with Crippen LogP contribution in [-0.2, 0) is 9.59 Å². The Morgan fingerprint density at radius 1 is 0.963 bits per heavy atom. The van der Waals surface area contributed by atoms with Crippen LogP contribution >= 0.6 is 0 Å². The van der Waals surface area contributed by atoms with Crippen molar-refractivity contribution in [1.29, 1.82) is 5.26 Å². The first-order valence-electron chi connectivity index (χ1n) is 8.61. The summed E-state index contributed by atoms with van der Waals surface area (Å²) in [6.07, 6.45) is 0. The number of carbonyl (C=O) groups excluding carboxylic acids is 2. The van der Waals surface area contributed by atoms with E-state index in [1.54, 1.807) is 55.6 Å². The molecule has 0 aliphatic rings. The molecule has 3 N–H and O–H groups in total. The number of nitriles is 1. The van der Waals surface area contributed by atoms with Crippen LogP contribution in [0.5, 0.6) is 5.75 Å². The Balaban J connectivity index is 1.84. The summed E-state index contributed by atoms with van der Waals surface area (Å²) in [6, 6.07) is 15.7. The number of carbonyl (C=O) groups is 2. The molecule has 0 spiro atoms. The van der Waals surface area contributed by atoms with Gasteiger partial charge < -0.3 is 20.3 Å². The molecule has 0 heterocycles. The van der Waals surface area contributed by atoms with Crippen molar-refractivity contribution < 1.29 is 19.2 Å². The van der Waals surface area contributed by atoms with Gasteiger partial charge in [-0.05, 0) is 55.5 Å². The number of anilines is 2. The molecule has 0 saturated carbocycles. The lowest BCUT2D eigenvalue weighted by Crippen LogP contribution is -3.13. The van der Waals surface area contributed by atoms with Crippen LogP contribution in [0.2, 0.25) is 0 Å². The van der Waals surface area contributed by atoms with E-state index in [-0.39, 0.29) is 24.9 Å². The van der Waals surface area contributed by atoms with Gasteiger partial charge in [0.15, 0.2) is 13.1 Å². The number of hydrogen-bond acceptors (Lipinski definition) is 4. The van der Waals surface area contributed by atoms with Gasteiger partial charge in [-0.1, -0.05) is 0 Å². The molecule has 0 radical (unpaired) electrons. The van der Waals surface area contributed by atoms with Gasteiger partial charge in [-0.2, -0.15) is 5.26 Å². The molecule has 0 bridgehead atoms. The minimum absolute atomic E-state index is 0.164. The highest BCUT2D eigenvalue weighted by molar-refractivity contribution is 5.93. The maximum Gasteiger partial charge on any atom is 0.279 e. The Hall–Kier alpha value is -3.37. The number of likely N-dealkylation sites (N-methyl/N-ethyl adjacent to an activating group) is 1. The van der Waals surface area contributed by atoms with Crippen LogP contribution in [-0.4, -0.2) is 38.6 Å². The van der Waals surface area contributed by atoms with Crippen molar-refractivity contribution in [3.05, 3.63) is 54.1 Å². The fraction of sp³-hybridized carbons (Fsp3) is 0.250. The summed E-state index contributed by atoms with van der Waals surface area (Å²) >= 11 is 0. The van der Waals surface area contributed by atoms with Crippen LogP contribution in [0.15, 0.2) is 48.5 Å². The average molecular weight is 367 g/mol. The number of hydrogen-bond donors (Lipinski definition) is 3. The predicted octanol–water partition coefficient (Wildman–Crippen LogP) is 1.05. The van der Waals surface area contributed by atoms with Crippen LogP contribution < -0.4 is 20.3 Å². The van der Waals surface area contributed by atoms with E-state index in [4.69, 9.17) is 10.00 Å². The lowest BCUT2D eigenvalue weighted by molar-refractivity contribution is -0.881. The quantitative estimate of drug-likeness (QED) is 0.650. The molecule has 1 unspecified atom stereocenters. The molecule has 0 saturated heterocycles. The maximum absolute atomic E-state index is 12.2. The van der Waals surface area contributed by atoms with Crippen molar-refractivity contribution in [2.75, 3.05) is 37.4 Å². The predicted molar refractivity (Wildman–Crippen MR) is 103 cm³/mol. The summed E-state index contributed by atoms with van der Waals surface area (Å²) in [5.74, 6) is 0.366. The van der Waals surface area contributed by atoms with Crippen molar-refractivity contribution >= 4 is 23.2 Å². The number of amides is 2. The van der Waals surface area contributed by atoms with Crippen molar-refractivity contribution in [2.24, 2.45) is 0 Å². The molecule has 140 valence electrons. The number of benzene rings is 2. The normalized spacial score (nSPS) is 11.1. The van der Waals surface area contributed by atoms with Crippen LogP contribution in [0.3, 0.4) is 0 Å². The molecule has 0 fully saturated rings. The molecule has 0 aromatic heterocycles. The Labute approximate surface area is 158 Å². The standard InChI is InChI=1S/C20H22N4O3/c1-3-24(13-19(25)22-16-6-4-15(12-21)5-7-16)14-20(26)23-17-8-10-18(27-2)11-9-17/h4-11H,3,13-14H2,1-2H3,(H,22,25)(H,23,26)/p+1. The second-order valence-electron chi connectivity index (χ2n) is 5.97. The van der Waals surface area contributed by atoms with Gasteiger partial charge in [-0.15, -0.1) is 0 Å². The van der Waals surface area contributed by atoms with Crippen LogP contribution in [0.1, 0.15) is 12.5 Å². The van der Waals surface area contributed by atoms with Gasteiger partial charge in [0.05, 0.1) is 25.3 Å². The smallest absolute Gasteiger partial charge is 0.279 e. The molecule has 0 aliphatic carbocycles. The summed E-state index contributed by atoms with van der Waals surface area (Å²) in [7, 11) is 1.58. The largest absolute Gasteiger partial charge is 0.497 e. The lowest BCUT2D eigenvalue weighted by Gasteiger charge is -2.17. The van der Waals surface area contributed by atoms with E-state index in [1.807, 2.05) is 13.0 Å². The van der Waals surface area contributed by atoms with E-state index in [9.17, 15) is 9.59 Å². The maximum atomic E-state index is 12.2. The summed E-state index contributed by atoms with van der Waals surface area (Å²) < 4.78 is 5.08. The third kappa shape index (κ3) is 6.45. The minimum atomic E-state index is -0.186. The molecular formula is C20H23N4O3+. The summed E-state index contributed by atoms with van der Waals surface area (Å²) in [5, 5.41) is 14.4. The van der Waals surface area contributed by atoms with Gasteiger partial charge in [-0.25, -0.2) is 0 Å². The molecule has 1 atom stereocenters. The first-order valence-corrected chi connectivity index (χ1v) is 8.61. The van der Waals surface area contributed by atoms with E-state index in [1.165, 1.54) is 0 Å². The fourth-order valence-electron chi connectivity index (χ4n) is 2.48. The Morgan fingerprint density at radius 3 is 1.85 bits per heavy atom. The summed E-state index contributed by atoms with van der Waals surface area (Å²) in [4.78, 5) is 25.3. The van der Waals surface area contributed by atoms with Crippen LogP contribution in [0, 0.1) is 11.3 Å². The molecule has 2 amide bonds. The number of nitrogens with one attached hydrogen (secondary N) is 3. The zero-order valence-electron chi connectivity index (χ0n) is 15.4. The highest BCUT2D eigenvalue weighted by atomic mass is 16.5. The first kappa shape index (κ1) is 19.9. The summed E-state index contributed by atoms with van der Waals surface area (Å²) in [6.45, 7) is 2.91. The number of quaternary nitrogens is 1. The second-order valence-corrected chi connectivity index (χ2v) is 5.97. The first-order chi connectivity index (χ1) is 13.0. The van der Waals surface area contributed by atoms with Gasteiger partial charge >= 0.3 is 0 Å². The highest BCUT2D eigenvalue weighted by Crippen LogP contribution is 2.14. The average Bonchev–Trinajstić information content (AvgIpc) is 2.68. The molecular weight excluding hydrogens is 344 g/mol. The number of ether oxygens (including phenoxy) is 1. The number of nitrogens with zero attached hydrogens (tertiary/aromatic N) is 1. The Morgan fingerprint density at radius 2 is 1.44 bits per heavy atom. The lowest BCUT2D eigenvalue weighted by atomic mass is 10.2. The van der Waals surface area contributed by atoms with Gasteiger partial charge in [0, 0.05) is 11.4 Å². The van der Waals surface area contributed by atoms with E-state index < -0.39 is 0 Å². The third-order valence-electron chi connectivity index (χ3n) is 3.99. The SMILES string of the molecule is CC[NH+](CC(=O)Nc1ccc(C#N)cc1)CC(=O)Nc1ccc(OC)cc1. The monoisotopic (exact) mass is 367 g/mol. The molecule has 2 aromatic rings. The van der Waals surface area contributed by atoms with Gasteiger partial charge in [0.1, 0.15) is 5.75 Å².